The second kappa shape index (κ2) is 7.20. The van der Waals surface area contributed by atoms with E-state index in [0.29, 0.717) is 13.2 Å². The fourth-order valence-corrected chi connectivity index (χ4v) is 3.13. The van der Waals surface area contributed by atoms with Gasteiger partial charge in [-0.25, -0.2) is 0 Å². The zero-order chi connectivity index (χ0) is 14.5. The normalized spacial score (nSPS) is 23.6. The first kappa shape index (κ1) is 15.5. The van der Waals surface area contributed by atoms with Gasteiger partial charge in [-0.1, -0.05) is 41.1 Å². The lowest BCUT2D eigenvalue weighted by atomic mass is 10.0. The summed E-state index contributed by atoms with van der Waals surface area (Å²) in [6, 6.07) is 8.03. The van der Waals surface area contributed by atoms with Crippen molar-refractivity contribution in [1.29, 1.82) is 0 Å². The van der Waals surface area contributed by atoms with Gasteiger partial charge in [-0.2, -0.15) is 0 Å². The van der Waals surface area contributed by atoms with E-state index in [2.05, 4.69) is 26.6 Å². The SMILES string of the molecule is CCNC1COCC1C(=O)NC(C)c1ccccc1Br. The van der Waals surface area contributed by atoms with Crippen molar-refractivity contribution in [2.45, 2.75) is 25.9 Å². The van der Waals surface area contributed by atoms with Crippen LogP contribution in [0.4, 0.5) is 0 Å². The summed E-state index contributed by atoms with van der Waals surface area (Å²) in [6.07, 6.45) is 0. The smallest absolute Gasteiger partial charge is 0.227 e. The molecule has 0 saturated carbocycles. The molecule has 1 aromatic carbocycles. The van der Waals surface area contributed by atoms with Crippen molar-refractivity contribution in [3.8, 4) is 0 Å². The molecule has 1 aromatic rings. The number of ether oxygens (including phenoxy) is 1. The van der Waals surface area contributed by atoms with Crippen LogP contribution in [0.2, 0.25) is 0 Å². The van der Waals surface area contributed by atoms with Crippen molar-refractivity contribution >= 4 is 21.8 Å². The van der Waals surface area contributed by atoms with Crippen molar-refractivity contribution in [1.82, 2.24) is 10.6 Å². The minimum atomic E-state index is -0.111. The van der Waals surface area contributed by atoms with Crippen LogP contribution in [0.1, 0.15) is 25.5 Å². The minimum Gasteiger partial charge on any atom is -0.379 e. The first-order valence-electron chi connectivity index (χ1n) is 6.99. The fourth-order valence-electron chi connectivity index (χ4n) is 2.50. The lowest BCUT2D eigenvalue weighted by Crippen LogP contribution is -2.44. The molecule has 2 N–H and O–H groups in total. The van der Waals surface area contributed by atoms with Crippen LogP contribution in [0.3, 0.4) is 0 Å². The molecule has 3 atom stereocenters. The molecule has 4 nitrogen and oxygen atoms in total. The fraction of sp³-hybridized carbons (Fsp3) is 0.533. The maximum atomic E-state index is 12.4. The van der Waals surface area contributed by atoms with E-state index in [-0.39, 0.29) is 23.9 Å². The zero-order valence-corrected chi connectivity index (χ0v) is 13.4. The summed E-state index contributed by atoms with van der Waals surface area (Å²) in [4.78, 5) is 12.4. The van der Waals surface area contributed by atoms with Crippen molar-refractivity contribution in [2.75, 3.05) is 19.8 Å². The number of carbonyl (C=O) groups excluding carboxylic acids is 1. The highest BCUT2D eigenvalue weighted by Crippen LogP contribution is 2.23. The Morgan fingerprint density at radius 1 is 1.45 bits per heavy atom. The quantitative estimate of drug-likeness (QED) is 0.864. The molecule has 1 aliphatic rings. The van der Waals surface area contributed by atoms with Gasteiger partial charge in [0.05, 0.1) is 25.2 Å². The maximum absolute atomic E-state index is 12.4. The van der Waals surface area contributed by atoms with Crippen LogP contribution < -0.4 is 10.6 Å². The third-order valence-electron chi connectivity index (χ3n) is 3.61. The number of hydrogen-bond acceptors (Lipinski definition) is 3. The van der Waals surface area contributed by atoms with E-state index in [1.165, 1.54) is 0 Å². The maximum Gasteiger partial charge on any atom is 0.227 e. The molecule has 20 heavy (non-hydrogen) atoms. The van der Waals surface area contributed by atoms with Crippen LogP contribution in [0.25, 0.3) is 0 Å². The molecular weight excluding hydrogens is 320 g/mol. The van der Waals surface area contributed by atoms with Crippen molar-refractivity contribution in [3.63, 3.8) is 0 Å². The first-order valence-corrected chi connectivity index (χ1v) is 7.78. The molecule has 1 fully saturated rings. The average Bonchev–Trinajstić information content (AvgIpc) is 2.88. The Morgan fingerprint density at radius 2 is 2.20 bits per heavy atom. The summed E-state index contributed by atoms with van der Waals surface area (Å²) in [5, 5.41) is 6.38. The number of carbonyl (C=O) groups is 1. The van der Waals surface area contributed by atoms with E-state index in [0.717, 1.165) is 16.6 Å². The molecule has 110 valence electrons. The van der Waals surface area contributed by atoms with E-state index in [9.17, 15) is 4.79 Å². The number of benzene rings is 1. The van der Waals surface area contributed by atoms with Crippen LogP contribution in [-0.4, -0.2) is 31.7 Å². The van der Waals surface area contributed by atoms with Gasteiger partial charge in [-0.05, 0) is 25.1 Å². The Balaban J connectivity index is 1.99. The van der Waals surface area contributed by atoms with Gasteiger partial charge in [0.2, 0.25) is 5.91 Å². The van der Waals surface area contributed by atoms with E-state index >= 15 is 0 Å². The lowest BCUT2D eigenvalue weighted by Gasteiger charge is -2.21. The molecular formula is C15H21BrN2O2. The predicted molar refractivity (Wildman–Crippen MR) is 82.5 cm³/mol. The van der Waals surface area contributed by atoms with E-state index in [1.54, 1.807) is 0 Å². The largest absolute Gasteiger partial charge is 0.379 e. The Hall–Kier alpha value is -0.910. The summed E-state index contributed by atoms with van der Waals surface area (Å²) in [7, 11) is 0. The molecule has 3 unspecified atom stereocenters. The summed E-state index contributed by atoms with van der Waals surface area (Å²) >= 11 is 3.52. The van der Waals surface area contributed by atoms with Crippen LogP contribution in [0.15, 0.2) is 28.7 Å². The topological polar surface area (TPSA) is 50.4 Å². The Kier molecular flexibility index (Phi) is 5.57. The van der Waals surface area contributed by atoms with Gasteiger partial charge in [0.1, 0.15) is 0 Å². The molecule has 0 aliphatic carbocycles. The van der Waals surface area contributed by atoms with Crippen molar-refractivity contribution in [2.24, 2.45) is 5.92 Å². The second-order valence-corrected chi connectivity index (χ2v) is 5.91. The van der Waals surface area contributed by atoms with Gasteiger partial charge in [0.15, 0.2) is 0 Å². The molecule has 0 bridgehead atoms. The average molecular weight is 341 g/mol. The van der Waals surface area contributed by atoms with Crippen LogP contribution in [0.5, 0.6) is 0 Å². The predicted octanol–water partition coefficient (Wildman–Crippen LogP) is 2.25. The minimum absolute atomic E-state index is 0.0269. The van der Waals surface area contributed by atoms with Crippen LogP contribution in [0, 0.1) is 5.92 Å². The van der Waals surface area contributed by atoms with Gasteiger partial charge in [-0.3, -0.25) is 4.79 Å². The highest BCUT2D eigenvalue weighted by molar-refractivity contribution is 9.10. The third kappa shape index (κ3) is 3.59. The van der Waals surface area contributed by atoms with Gasteiger partial charge in [0, 0.05) is 10.5 Å². The highest BCUT2D eigenvalue weighted by atomic mass is 79.9. The van der Waals surface area contributed by atoms with Crippen molar-refractivity contribution in [3.05, 3.63) is 34.3 Å². The number of amides is 1. The van der Waals surface area contributed by atoms with E-state index in [1.807, 2.05) is 38.1 Å². The monoisotopic (exact) mass is 340 g/mol. The molecule has 2 rings (SSSR count). The Labute approximate surface area is 128 Å². The molecule has 1 heterocycles. The molecule has 1 aliphatic heterocycles. The van der Waals surface area contributed by atoms with Crippen LogP contribution in [-0.2, 0) is 9.53 Å². The van der Waals surface area contributed by atoms with Gasteiger partial charge < -0.3 is 15.4 Å². The van der Waals surface area contributed by atoms with Gasteiger partial charge in [-0.15, -0.1) is 0 Å². The molecule has 0 aromatic heterocycles. The molecule has 1 amide bonds. The number of hydrogen-bond donors (Lipinski definition) is 2. The van der Waals surface area contributed by atoms with E-state index < -0.39 is 0 Å². The number of nitrogens with one attached hydrogen (secondary N) is 2. The standard InChI is InChI=1S/C15H21BrN2O2/c1-3-17-14-9-20-8-12(14)15(19)18-10(2)11-6-4-5-7-13(11)16/h4-7,10,12,14,17H,3,8-9H2,1-2H3,(H,18,19). The zero-order valence-electron chi connectivity index (χ0n) is 11.9. The lowest BCUT2D eigenvalue weighted by molar-refractivity contribution is -0.126. The van der Waals surface area contributed by atoms with Crippen LogP contribution >= 0.6 is 15.9 Å². The molecule has 1 saturated heterocycles. The second-order valence-electron chi connectivity index (χ2n) is 5.06. The number of halogens is 1. The summed E-state index contributed by atoms with van der Waals surface area (Å²) < 4.78 is 6.43. The number of rotatable bonds is 5. The summed E-state index contributed by atoms with van der Waals surface area (Å²) in [6.45, 7) is 5.98. The summed E-state index contributed by atoms with van der Waals surface area (Å²) in [5.41, 5.74) is 1.08. The molecule has 0 spiro atoms. The van der Waals surface area contributed by atoms with Gasteiger partial charge in [0.25, 0.3) is 0 Å². The first-order chi connectivity index (χ1) is 9.63. The molecule has 0 radical (unpaired) electrons. The summed E-state index contributed by atoms with van der Waals surface area (Å²) in [5.74, 6) is -0.0587. The third-order valence-corrected chi connectivity index (χ3v) is 4.34. The van der Waals surface area contributed by atoms with Crippen molar-refractivity contribution < 1.29 is 9.53 Å². The van der Waals surface area contributed by atoms with E-state index in [4.69, 9.17) is 4.74 Å². The highest BCUT2D eigenvalue weighted by Gasteiger charge is 2.34. The Bertz CT molecular complexity index is 467. The van der Waals surface area contributed by atoms with Gasteiger partial charge >= 0.3 is 0 Å². The molecule has 5 heteroatoms. The Morgan fingerprint density at radius 3 is 2.90 bits per heavy atom. The number of likely N-dealkylation sites (N-methyl/N-ethyl adjacent to an activating group) is 1.